The summed E-state index contributed by atoms with van der Waals surface area (Å²) in [5.74, 6) is -4.10. The van der Waals surface area contributed by atoms with Crippen molar-refractivity contribution in [1.82, 2.24) is 10.2 Å². The Kier molecular flexibility index (Phi) is 3.46. The number of benzene rings is 1. The number of hydrogen-bond donors (Lipinski definition) is 3. The van der Waals surface area contributed by atoms with Crippen LogP contribution in [0.2, 0.25) is 0 Å². The lowest BCUT2D eigenvalue weighted by Crippen LogP contribution is -2.10. The largest absolute Gasteiger partial charge is 0.478 e. The van der Waals surface area contributed by atoms with Crippen LogP contribution in [0.4, 0.5) is 14.5 Å². The van der Waals surface area contributed by atoms with Crippen molar-refractivity contribution in [2.45, 2.75) is 13.0 Å². The number of aromatic amines is 1. The summed E-state index contributed by atoms with van der Waals surface area (Å²) in [5.41, 5.74) is -0.0302. The van der Waals surface area contributed by atoms with E-state index in [1.54, 1.807) is 19.3 Å². The van der Waals surface area contributed by atoms with Crippen molar-refractivity contribution in [1.29, 1.82) is 0 Å². The molecule has 1 atom stereocenters. The van der Waals surface area contributed by atoms with Crippen LogP contribution in [-0.2, 0) is 0 Å². The number of carbonyl (C=O) groups is 1. The second kappa shape index (κ2) is 5.05. The zero-order valence-electron chi connectivity index (χ0n) is 9.95. The van der Waals surface area contributed by atoms with Gasteiger partial charge in [-0.25, -0.2) is 13.6 Å². The molecule has 0 aliphatic heterocycles. The van der Waals surface area contributed by atoms with Crippen LogP contribution in [0.5, 0.6) is 0 Å². The molecular weight excluding hydrogens is 256 g/mol. The first-order valence-electron chi connectivity index (χ1n) is 5.47. The number of hydrogen-bond acceptors (Lipinski definition) is 3. The Morgan fingerprint density at radius 3 is 2.74 bits per heavy atom. The molecule has 0 aliphatic carbocycles. The van der Waals surface area contributed by atoms with E-state index < -0.39 is 23.2 Å². The number of carboxylic acids is 1. The van der Waals surface area contributed by atoms with E-state index in [2.05, 4.69) is 15.5 Å². The monoisotopic (exact) mass is 267 g/mol. The van der Waals surface area contributed by atoms with Gasteiger partial charge in [0.25, 0.3) is 0 Å². The Morgan fingerprint density at radius 1 is 1.42 bits per heavy atom. The second-order valence-electron chi connectivity index (χ2n) is 3.99. The third-order valence-electron chi connectivity index (χ3n) is 2.70. The van der Waals surface area contributed by atoms with E-state index in [-0.39, 0.29) is 11.7 Å². The highest BCUT2D eigenvalue weighted by Gasteiger charge is 2.19. The van der Waals surface area contributed by atoms with Gasteiger partial charge >= 0.3 is 5.97 Å². The standard InChI is InChI=1S/C12H11F2N3O2/c1-6(7-4-15-16-5-7)17-9-3-2-8(12(18)19)10(13)11(9)14/h2-6,17H,1H3,(H,15,16)(H,18,19). The normalized spacial score (nSPS) is 12.2. The van der Waals surface area contributed by atoms with Crippen molar-refractivity contribution in [3.63, 3.8) is 0 Å². The number of nitrogens with zero attached hydrogens (tertiary/aromatic N) is 1. The maximum Gasteiger partial charge on any atom is 0.338 e. The Morgan fingerprint density at radius 2 is 2.16 bits per heavy atom. The van der Waals surface area contributed by atoms with Crippen molar-refractivity contribution in [2.24, 2.45) is 0 Å². The summed E-state index contributed by atoms with van der Waals surface area (Å²) in [6.07, 6.45) is 3.18. The number of halogens is 2. The minimum absolute atomic E-state index is 0.101. The number of carboxylic acid groups (broad SMARTS) is 1. The molecule has 2 rings (SSSR count). The molecule has 19 heavy (non-hydrogen) atoms. The average Bonchev–Trinajstić information content (AvgIpc) is 2.88. The quantitative estimate of drug-likeness (QED) is 0.795. The second-order valence-corrected chi connectivity index (χ2v) is 3.99. The number of anilines is 1. The molecule has 0 saturated carbocycles. The van der Waals surface area contributed by atoms with Gasteiger partial charge in [0.05, 0.1) is 23.5 Å². The van der Waals surface area contributed by atoms with Gasteiger partial charge in [-0.15, -0.1) is 0 Å². The average molecular weight is 267 g/mol. The van der Waals surface area contributed by atoms with Crippen LogP contribution in [0.3, 0.4) is 0 Å². The molecule has 1 aromatic carbocycles. The molecule has 1 heterocycles. The van der Waals surface area contributed by atoms with Gasteiger partial charge in [-0.3, -0.25) is 5.10 Å². The van der Waals surface area contributed by atoms with Crippen molar-refractivity contribution in [3.05, 3.63) is 47.3 Å². The SMILES string of the molecule is CC(Nc1ccc(C(=O)O)c(F)c1F)c1cn[nH]c1. The number of nitrogens with one attached hydrogen (secondary N) is 2. The molecule has 5 nitrogen and oxygen atoms in total. The minimum Gasteiger partial charge on any atom is -0.478 e. The van der Waals surface area contributed by atoms with Gasteiger partial charge in [0.1, 0.15) is 0 Å². The van der Waals surface area contributed by atoms with Gasteiger partial charge in [-0.1, -0.05) is 0 Å². The molecule has 0 saturated heterocycles. The molecular formula is C12H11F2N3O2. The summed E-state index contributed by atoms with van der Waals surface area (Å²) in [6, 6.07) is 1.91. The zero-order chi connectivity index (χ0) is 14.0. The van der Waals surface area contributed by atoms with E-state index in [4.69, 9.17) is 5.11 Å². The Balaban J connectivity index is 2.27. The van der Waals surface area contributed by atoms with Crippen molar-refractivity contribution < 1.29 is 18.7 Å². The van der Waals surface area contributed by atoms with E-state index in [9.17, 15) is 13.6 Å². The van der Waals surface area contributed by atoms with Crippen LogP contribution in [0.25, 0.3) is 0 Å². The predicted molar refractivity (Wildman–Crippen MR) is 63.9 cm³/mol. The Labute approximate surface area is 107 Å². The zero-order valence-corrected chi connectivity index (χ0v) is 9.95. The van der Waals surface area contributed by atoms with Gasteiger partial charge in [-0.2, -0.15) is 5.10 Å². The van der Waals surface area contributed by atoms with Gasteiger partial charge in [0.15, 0.2) is 11.6 Å². The lowest BCUT2D eigenvalue weighted by atomic mass is 10.1. The third kappa shape index (κ3) is 2.54. The first-order valence-corrected chi connectivity index (χ1v) is 5.47. The first-order chi connectivity index (χ1) is 9.00. The fraction of sp³-hybridized carbons (Fsp3) is 0.167. The van der Waals surface area contributed by atoms with E-state index in [1.165, 1.54) is 6.07 Å². The molecule has 3 N–H and O–H groups in total. The molecule has 0 spiro atoms. The highest BCUT2D eigenvalue weighted by Crippen LogP contribution is 2.24. The molecule has 0 aliphatic rings. The van der Waals surface area contributed by atoms with E-state index >= 15 is 0 Å². The third-order valence-corrected chi connectivity index (χ3v) is 2.70. The molecule has 1 aromatic heterocycles. The smallest absolute Gasteiger partial charge is 0.338 e. The molecule has 2 aromatic rings. The summed E-state index contributed by atoms with van der Waals surface area (Å²) in [6.45, 7) is 1.74. The summed E-state index contributed by atoms with van der Waals surface area (Å²) in [5, 5.41) is 17.8. The van der Waals surface area contributed by atoms with Crippen LogP contribution in [0.15, 0.2) is 24.5 Å². The van der Waals surface area contributed by atoms with Crippen molar-refractivity contribution in [2.75, 3.05) is 5.32 Å². The van der Waals surface area contributed by atoms with Crippen LogP contribution >= 0.6 is 0 Å². The number of H-pyrrole nitrogens is 1. The van der Waals surface area contributed by atoms with Crippen LogP contribution in [-0.4, -0.2) is 21.3 Å². The first kappa shape index (κ1) is 13.0. The topological polar surface area (TPSA) is 78.0 Å². The summed E-state index contributed by atoms with van der Waals surface area (Å²) in [4.78, 5) is 10.7. The van der Waals surface area contributed by atoms with Crippen LogP contribution in [0, 0.1) is 11.6 Å². The van der Waals surface area contributed by atoms with Crippen molar-refractivity contribution >= 4 is 11.7 Å². The molecule has 100 valence electrons. The molecule has 0 bridgehead atoms. The fourth-order valence-corrected chi connectivity index (χ4v) is 1.64. The molecule has 0 fully saturated rings. The Hall–Kier alpha value is -2.44. The van der Waals surface area contributed by atoms with E-state index in [0.29, 0.717) is 0 Å². The lowest BCUT2D eigenvalue weighted by Gasteiger charge is -2.15. The highest BCUT2D eigenvalue weighted by molar-refractivity contribution is 5.88. The minimum atomic E-state index is -1.51. The number of rotatable bonds is 4. The van der Waals surface area contributed by atoms with Crippen molar-refractivity contribution in [3.8, 4) is 0 Å². The van der Waals surface area contributed by atoms with E-state index in [1.807, 2.05) is 0 Å². The number of aromatic carboxylic acids is 1. The summed E-state index contributed by atoms with van der Waals surface area (Å²) < 4.78 is 27.2. The molecule has 0 amide bonds. The van der Waals surface area contributed by atoms with Crippen LogP contribution < -0.4 is 5.32 Å². The molecule has 1 unspecified atom stereocenters. The van der Waals surface area contributed by atoms with Gasteiger partial charge < -0.3 is 10.4 Å². The van der Waals surface area contributed by atoms with Gasteiger partial charge in [0, 0.05) is 11.8 Å². The predicted octanol–water partition coefficient (Wildman–Crippen LogP) is 2.56. The maximum absolute atomic E-state index is 13.7. The molecule has 7 heteroatoms. The highest BCUT2D eigenvalue weighted by atomic mass is 19.2. The fourth-order valence-electron chi connectivity index (χ4n) is 1.64. The van der Waals surface area contributed by atoms with Gasteiger partial charge in [0.2, 0.25) is 0 Å². The Bertz CT molecular complexity index is 599. The summed E-state index contributed by atoms with van der Waals surface area (Å²) >= 11 is 0. The summed E-state index contributed by atoms with van der Waals surface area (Å²) in [7, 11) is 0. The van der Waals surface area contributed by atoms with Gasteiger partial charge in [-0.05, 0) is 19.1 Å². The molecule has 0 radical (unpaired) electrons. The lowest BCUT2D eigenvalue weighted by molar-refractivity contribution is 0.0690. The number of aromatic nitrogens is 2. The van der Waals surface area contributed by atoms with Crippen LogP contribution in [0.1, 0.15) is 28.9 Å². The van der Waals surface area contributed by atoms with E-state index in [0.717, 1.165) is 11.6 Å². The maximum atomic E-state index is 13.7.